The molecule has 4 nitrogen and oxygen atoms in total. The first kappa shape index (κ1) is 26.6. The molecule has 1 heterocycles. The fraction of sp³-hybridized carbons (Fsp3) is 0.286. The third kappa shape index (κ3) is 4.28. The summed E-state index contributed by atoms with van der Waals surface area (Å²) in [5, 5.41) is 2.68. The van der Waals surface area contributed by atoms with Crippen molar-refractivity contribution in [3.05, 3.63) is 106 Å². The molecule has 0 spiro atoms. The molecule has 0 atom stereocenters. The summed E-state index contributed by atoms with van der Waals surface area (Å²) < 4.78 is 9.54. The lowest BCUT2D eigenvalue weighted by molar-refractivity contribution is -0.688. The van der Waals surface area contributed by atoms with Crippen molar-refractivity contribution >= 4 is 39.5 Å². The van der Waals surface area contributed by atoms with Crippen LogP contribution in [0.25, 0.3) is 10.8 Å². The van der Waals surface area contributed by atoms with Gasteiger partial charge in [-0.2, -0.15) is 0 Å². The van der Waals surface area contributed by atoms with Crippen LogP contribution < -0.4 is 0 Å². The van der Waals surface area contributed by atoms with Gasteiger partial charge in [0, 0.05) is 27.6 Å². The number of esters is 1. The van der Waals surface area contributed by atoms with E-state index in [1.807, 2.05) is 0 Å². The molecule has 0 bridgehead atoms. The molecule has 0 unspecified atom stereocenters. The maximum Gasteiger partial charge on any atom is 0.351 e. The maximum absolute atomic E-state index is 10.3. The topological polar surface area (TPSA) is 32.3 Å². The third-order valence-electron chi connectivity index (χ3n) is 7.90. The van der Waals surface area contributed by atoms with Crippen LogP contribution in [0, 0.1) is 33.6 Å². The molecule has 6 rings (SSSR count). The third-order valence-corrected chi connectivity index (χ3v) is 7.90. The molecule has 0 saturated carbocycles. The molecule has 39 heavy (non-hydrogen) atoms. The molecule has 4 heteroatoms. The molecule has 4 aromatic rings. The molecule has 1 aliphatic heterocycles. The molecule has 4 aromatic carbocycles. The second-order valence-corrected chi connectivity index (χ2v) is 10.9. The first-order chi connectivity index (χ1) is 18.7. The van der Waals surface area contributed by atoms with Crippen LogP contribution in [0.15, 0.2) is 72.8 Å². The van der Waals surface area contributed by atoms with Crippen LogP contribution in [0.1, 0.15) is 54.2 Å². The second-order valence-electron chi connectivity index (χ2n) is 10.9. The second kappa shape index (κ2) is 10.3. The number of nitrogens with zero attached hydrogens (tertiary/aromatic N) is 2. The highest BCUT2D eigenvalue weighted by Crippen LogP contribution is 2.41. The van der Waals surface area contributed by atoms with Gasteiger partial charge >= 0.3 is 12.1 Å². The zero-order valence-corrected chi connectivity index (χ0v) is 24.3. The van der Waals surface area contributed by atoms with E-state index in [1.165, 1.54) is 74.1 Å². The van der Waals surface area contributed by atoms with Gasteiger partial charge in [0.1, 0.15) is 0 Å². The zero-order chi connectivity index (χ0) is 28.0. The lowest BCUT2D eigenvalue weighted by atomic mass is 10.0. The van der Waals surface area contributed by atoms with Crippen molar-refractivity contribution in [3.63, 3.8) is 0 Å². The van der Waals surface area contributed by atoms with Crippen molar-refractivity contribution in [1.82, 2.24) is 0 Å². The Morgan fingerprint density at radius 2 is 1.08 bits per heavy atom. The number of hydrogen-bond donors (Lipinski definition) is 0. The molecule has 0 fully saturated rings. The van der Waals surface area contributed by atoms with E-state index in [9.17, 15) is 4.79 Å². The van der Waals surface area contributed by atoms with E-state index in [1.54, 1.807) is 13.8 Å². The van der Waals surface area contributed by atoms with Crippen LogP contribution in [-0.4, -0.2) is 39.8 Å². The van der Waals surface area contributed by atoms with Crippen LogP contribution in [0.5, 0.6) is 0 Å². The molecular formula is C35H38N2O2+2. The van der Waals surface area contributed by atoms with E-state index < -0.39 is 0 Å². The highest BCUT2D eigenvalue weighted by molar-refractivity contribution is 6.58. The van der Waals surface area contributed by atoms with Crippen LogP contribution in [0.4, 0.5) is 11.4 Å². The van der Waals surface area contributed by atoms with Crippen LogP contribution in [0.3, 0.4) is 0 Å². The van der Waals surface area contributed by atoms with E-state index in [-0.39, 0.29) is 18.1 Å². The molecule has 2 aliphatic rings. The molecule has 0 radical (unpaired) electrons. The van der Waals surface area contributed by atoms with Gasteiger partial charge in [0.25, 0.3) is 11.4 Å². The van der Waals surface area contributed by atoms with Gasteiger partial charge in [-0.1, -0.05) is 74.5 Å². The molecule has 0 aromatic heterocycles. The lowest BCUT2D eigenvalue weighted by Gasteiger charge is -2.13. The predicted octanol–water partition coefficient (Wildman–Crippen LogP) is 7.53. The minimum absolute atomic E-state index is 0.00463. The SMILES string of the molecule is COC(=O)C(C)C.Cc1cccc(C)c1[N+]1=C2C(=[N+](c3c(C)cccc3C)C1C)c1cccc3cccc2c13. The summed E-state index contributed by atoms with van der Waals surface area (Å²) in [7, 11) is 1.39. The summed E-state index contributed by atoms with van der Waals surface area (Å²) >= 11 is 0. The standard InChI is InChI=1S/C30H28N2.C5H10O2/c1-18-10-6-11-19(2)27(18)31-22(5)32(28-20(3)12-7-13-21(28)4)30-25-17-9-15-23-14-8-16-24(26(23)25)29(30)31;1-4(2)5(6)7-3/h6-17,22H,1-5H3;4H,1-3H3/q+2;. The monoisotopic (exact) mass is 518 g/mol. The quantitative estimate of drug-likeness (QED) is 0.207. The summed E-state index contributed by atoms with van der Waals surface area (Å²) in [5.41, 5.74) is 13.3. The summed E-state index contributed by atoms with van der Waals surface area (Å²) in [6.07, 6.45) is 0.170. The summed E-state index contributed by atoms with van der Waals surface area (Å²) in [6, 6.07) is 26.7. The summed E-state index contributed by atoms with van der Waals surface area (Å²) in [5.74, 6) is -0.148. The summed E-state index contributed by atoms with van der Waals surface area (Å²) in [6.45, 7) is 14.9. The van der Waals surface area contributed by atoms with Crippen molar-refractivity contribution in [1.29, 1.82) is 0 Å². The molecule has 0 N–H and O–H groups in total. The Hall–Kier alpha value is -4.05. The largest absolute Gasteiger partial charge is 0.469 e. The predicted molar refractivity (Wildman–Crippen MR) is 160 cm³/mol. The number of rotatable bonds is 3. The van der Waals surface area contributed by atoms with Gasteiger partial charge in [-0.05, 0) is 45.2 Å². The van der Waals surface area contributed by atoms with E-state index in [4.69, 9.17) is 0 Å². The van der Waals surface area contributed by atoms with E-state index in [0.29, 0.717) is 0 Å². The normalized spacial score (nSPS) is 14.2. The Bertz CT molecular complexity index is 1540. The average molecular weight is 519 g/mol. The van der Waals surface area contributed by atoms with E-state index in [2.05, 4.69) is 121 Å². The highest BCUT2D eigenvalue weighted by atomic mass is 16.5. The minimum atomic E-state index is -0.153. The van der Waals surface area contributed by atoms with Crippen molar-refractivity contribution in [3.8, 4) is 0 Å². The Kier molecular flexibility index (Phi) is 6.98. The Balaban J connectivity index is 0.000000392. The first-order valence-electron chi connectivity index (χ1n) is 13.7. The fourth-order valence-electron chi connectivity index (χ4n) is 6.17. The maximum atomic E-state index is 10.3. The van der Waals surface area contributed by atoms with Gasteiger partial charge in [0.05, 0.1) is 31.1 Å². The average Bonchev–Trinajstić information content (AvgIpc) is 3.38. The van der Waals surface area contributed by atoms with Crippen LogP contribution >= 0.6 is 0 Å². The lowest BCUT2D eigenvalue weighted by Crippen LogP contribution is -2.28. The zero-order valence-electron chi connectivity index (χ0n) is 24.3. The minimum Gasteiger partial charge on any atom is -0.469 e. The number of benzene rings is 4. The molecular weight excluding hydrogens is 480 g/mol. The molecule has 198 valence electrons. The van der Waals surface area contributed by atoms with E-state index in [0.717, 1.165) is 0 Å². The van der Waals surface area contributed by atoms with Gasteiger partial charge < -0.3 is 4.74 Å². The van der Waals surface area contributed by atoms with Crippen molar-refractivity contribution < 1.29 is 18.7 Å². The van der Waals surface area contributed by atoms with Gasteiger partial charge in [-0.25, -0.2) is 0 Å². The number of methoxy groups -OCH3 is 1. The van der Waals surface area contributed by atoms with Gasteiger partial charge in [0.2, 0.25) is 11.4 Å². The van der Waals surface area contributed by atoms with Crippen molar-refractivity contribution in [2.45, 2.75) is 54.6 Å². The number of ether oxygens (including phenoxy) is 1. The van der Waals surface area contributed by atoms with Crippen molar-refractivity contribution in [2.75, 3.05) is 7.11 Å². The number of carbonyl (C=O) groups is 1. The fourth-order valence-corrected chi connectivity index (χ4v) is 6.17. The van der Waals surface area contributed by atoms with Gasteiger partial charge in [0.15, 0.2) is 0 Å². The smallest absolute Gasteiger partial charge is 0.351 e. The van der Waals surface area contributed by atoms with Crippen LogP contribution in [-0.2, 0) is 9.53 Å². The Labute approximate surface area is 231 Å². The van der Waals surface area contributed by atoms with Crippen molar-refractivity contribution in [2.24, 2.45) is 5.92 Å². The highest BCUT2D eigenvalue weighted by Gasteiger charge is 2.54. The van der Waals surface area contributed by atoms with Gasteiger partial charge in [-0.15, -0.1) is 9.15 Å². The number of fused-ring (bicyclic) bond motifs is 3. The Morgan fingerprint density at radius 3 is 1.41 bits per heavy atom. The van der Waals surface area contributed by atoms with E-state index >= 15 is 0 Å². The Morgan fingerprint density at radius 1 is 0.692 bits per heavy atom. The van der Waals surface area contributed by atoms with Gasteiger partial charge in [-0.3, -0.25) is 4.79 Å². The number of hydrogen-bond acceptors (Lipinski definition) is 2. The number of carbonyl (C=O) groups excluding carboxylic acids is 1. The number of para-hydroxylation sites is 2. The molecule has 0 saturated heterocycles. The number of aryl methyl sites for hydroxylation is 4. The molecule has 1 aliphatic carbocycles. The molecule has 0 amide bonds. The van der Waals surface area contributed by atoms with Crippen LogP contribution in [0.2, 0.25) is 0 Å². The summed E-state index contributed by atoms with van der Waals surface area (Å²) in [4.78, 5) is 10.3. The first-order valence-corrected chi connectivity index (χ1v) is 13.7.